The molecular formula is C17H10Cl2FNO3. The molecular weight excluding hydrogens is 356 g/mol. The monoisotopic (exact) mass is 365 g/mol. The largest absolute Gasteiger partial charge is 0.455 e. The molecule has 3 rings (SSSR count). The van der Waals surface area contributed by atoms with Gasteiger partial charge in [-0.3, -0.25) is 0 Å². The Morgan fingerprint density at radius 2 is 1.83 bits per heavy atom. The van der Waals surface area contributed by atoms with Crippen molar-refractivity contribution < 1.29 is 18.4 Å². The number of hydrogen-bond donors (Lipinski definition) is 0. The number of nitrogens with zero attached hydrogens (tertiary/aromatic N) is 1. The Morgan fingerprint density at radius 3 is 2.54 bits per heavy atom. The van der Waals surface area contributed by atoms with Gasteiger partial charge in [-0.2, -0.15) is 0 Å². The normalized spacial score (nSPS) is 10.6. The van der Waals surface area contributed by atoms with Gasteiger partial charge in [0.25, 0.3) is 0 Å². The van der Waals surface area contributed by atoms with Crippen molar-refractivity contribution in [3.8, 4) is 11.3 Å². The highest BCUT2D eigenvalue weighted by atomic mass is 35.5. The molecule has 0 spiro atoms. The van der Waals surface area contributed by atoms with Gasteiger partial charge in [0.2, 0.25) is 0 Å². The number of carbonyl (C=O) groups excluding carboxylic acids is 1. The average molecular weight is 366 g/mol. The molecule has 24 heavy (non-hydrogen) atoms. The molecule has 0 radical (unpaired) electrons. The van der Waals surface area contributed by atoms with Crippen LogP contribution in [0, 0.1) is 5.82 Å². The minimum atomic E-state index is -0.602. The fourth-order valence-electron chi connectivity index (χ4n) is 2.06. The standard InChI is InChI=1S/C17H10Cl2FNO3/c18-11-5-10(6-12(19)7-11)17(22)23-9-13-8-16(24-21-13)14-3-1-2-4-15(14)20/h1-8H,9H2. The molecule has 0 N–H and O–H groups in total. The molecule has 4 nitrogen and oxygen atoms in total. The van der Waals surface area contributed by atoms with Gasteiger partial charge in [0.1, 0.15) is 18.1 Å². The first-order valence-electron chi connectivity index (χ1n) is 6.86. The second-order valence-electron chi connectivity index (χ2n) is 4.90. The van der Waals surface area contributed by atoms with Gasteiger partial charge < -0.3 is 9.26 Å². The summed E-state index contributed by atoms with van der Waals surface area (Å²) in [5, 5.41) is 4.43. The zero-order valence-electron chi connectivity index (χ0n) is 12.1. The third-order valence-electron chi connectivity index (χ3n) is 3.15. The number of rotatable bonds is 4. The SMILES string of the molecule is O=C(OCc1cc(-c2ccccc2F)on1)c1cc(Cl)cc(Cl)c1. The van der Waals surface area contributed by atoms with Crippen molar-refractivity contribution in [2.75, 3.05) is 0 Å². The lowest BCUT2D eigenvalue weighted by Gasteiger charge is -2.03. The first-order valence-corrected chi connectivity index (χ1v) is 7.62. The van der Waals surface area contributed by atoms with Gasteiger partial charge in [0, 0.05) is 16.1 Å². The zero-order valence-corrected chi connectivity index (χ0v) is 13.6. The van der Waals surface area contributed by atoms with Crippen LogP contribution in [-0.4, -0.2) is 11.1 Å². The topological polar surface area (TPSA) is 52.3 Å². The van der Waals surface area contributed by atoms with Crippen molar-refractivity contribution in [1.82, 2.24) is 5.16 Å². The van der Waals surface area contributed by atoms with E-state index in [1.54, 1.807) is 18.2 Å². The molecule has 0 atom stereocenters. The Kier molecular flexibility index (Phi) is 4.83. The van der Waals surface area contributed by atoms with Crippen LogP contribution in [0.3, 0.4) is 0 Å². The third-order valence-corrected chi connectivity index (χ3v) is 3.58. The molecule has 0 fully saturated rings. The molecule has 1 heterocycles. The fourth-order valence-corrected chi connectivity index (χ4v) is 2.59. The molecule has 0 aliphatic carbocycles. The molecule has 0 aliphatic rings. The van der Waals surface area contributed by atoms with Crippen LogP contribution in [0.4, 0.5) is 4.39 Å². The van der Waals surface area contributed by atoms with Crippen LogP contribution in [0.15, 0.2) is 53.1 Å². The smallest absolute Gasteiger partial charge is 0.338 e. The zero-order chi connectivity index (χ0) is 17.1. The van der Waals surface area contributed by atoms with E-state index in [1.165, 1.54) is 30.3 Å². The molecule has 0 bridgehead atoms. The molecule has 0 saturated carbocycles. The number of hydrogen-bond acceptors (Lipinski definition) is 4. The average Bonchev–Trinajstić information content (AvgIpc) is 3.01. The number of halogens is 3. The fraction of sp³-hybridized carbons (Fsp3) is 0.0588. The van der Waals surface area contributed by atoms with Gasteiger partial charge in [-0.15, -0.1) is 0 Å². The molecule has 1 aromatic heterocycles. The van der Waals surface area contributed by atoms with Crippen molar-refractivity contribution in [3.05, 3.63) is 75.7 Å². The highest BCUT2D eigenvalue weighted by Gasteiger charge is 2.14. The van der Waals surface area contributed by atoms with Crippen molar-refractivity contribution in [1.29, 1.82) is 0 Å². The first-order chi connectivity index (χ1) is 11.5. The molecule has 3 aromatic rings. The second-order valence-corrected chi connectivity index (χ2v) is 5.77. The van der Waals surface area contributed by atoms with Crippen LogP contribution in [0.1, 0.15) is 16.1 Å². The maximum Gasteiger partial charge on any atom is 0.338 e. The van der Waals surface area contributed by atoms with Gasteiger partial charge in [-0.25, -0.2) is 9.18 Å². The van der Waals surface area contributed by atoms with Crippen molar-refractivity contribution in [2.24, 2.45) is 0 Å². The Bertz CT molecular complexity index is 875. The number of esters is 1. The molecule has 7 heteroatoms. The predicted octanol–water partition coefficient (Wildman–Crippen LogP) is 5.14. The van der Waals surface area contributed by atoms with Crippen LogP contribution >= 0.6 is 23.2 Å². The van der Waals surface area contributed by atoms with Crippen molar-refractivity contribution >= 4 is 29.2 Å². The minimum absolute atomic E-state index is 0.124. The Labute approximate surface area is 146 Å². The maximum absolute atomic E-state index is 13.7. The quantitative estimate of drug-likeness (QED) is 0.600. The predicted molar refractivity (Wildman–Crippen MR) is 87.5 cm³/mol. The van der Waals surface area contributed by atoms with E-state index >= 15 is 0 Å². The number of benzene rings is 2. The van der Waals surface area contributed by atoms with E-state index in [1.807, 2.05) is 0 Å². The summed E-state index contributed by atoms with van der Waals surface area (Å²) in [4.78, 5) is 12.0. The Balaban J connectivity index is 1.69. The summed E-state index contributed by atoms with van der Waals surface area (Å²) in [6.45, 7) is -0.124. The lowest BCUT2D eigenvalue weighted by atomic mass is 10.1. The van der Waals surface area contributed by atoms with Crippen molar-refractivity contribution in [2.45, 2.75) is 6.61 Å². The summed E-state index contributed by atoms with van der Waals surface area (Å²) < 4.78 is 23.9. The molecule has 0 aliphatic heterocycles. The molecule has 0 amide bonds. The van der Waals surface area contributed by atoms with E-state index in [0.29, 0.717) is 15.7 Å². The summed E-state index contributed by atoms with van der Waals surface area (Å²) in [6.07, 6.45) is 0. The summed E-state index contributed by atoms with van der Waals surface area (Å²) in [5.41, 5.74) is 0.865. The van der Waals surface area contributed by atoms with Crippen LogP contribution in [0.5, 0.6) is 0 Å². The van der Waals surface area contributed by atoms with Crippen LogP contribution in [0.2, 0.25) is 10.0 Å². The van der Waals surface area contributed by atoms with Crippen LogP contribution < -0.4 is 0 Å². The number of ether oxygens (including phenoxy) is 1. The minimum Gasteiger partial charge on any atom is -0.455 e. The van der Waals surface area contributed by atoms with E-state index in [0.717, 1.165) is 0 Å². The van der Waals surface area contributed by atoms with E-state index in [2.05, 4.69) is 5.16 Å². The van der Waals surface area contributed by atoms with Gasteiger partial charge >= 0.3 is 5.97 Å². The molecule has 2 aromatic carbocycles. The highest BCUT2D eigenvalue weighted by molar-refractivity contribution is 6.35. The summed E-state index contributed by atoms with van der Waals surface area (Å²) in [5.74, 6) is -0.773. The van der Waals surface area contributed by atoms with Gasteiger partial charge in [-0.1, -0.05) is 40.5 Å². The van der Waals surface area contributed by atoms with E-state index in [9.17, 15) is 9.18 Å². The maximum atomic E-state index is 13.7. The third kappa shape index (κ3) is 3.75. The molecule has 122 valence electrons. The second kappa shape index (κ2) is 7.03. The highest BCUT2D eigenvalue weighted by Crippen LogP contribution is 2.24. The van der Waals surface area contributed by atoms with Crippen molar-refractivity contribution in [3.63, 3.8) is 0 Å². The van der Waals surface area contributed by atoms with Gasteiger partial charge in [0.15, 0.2) is 5.76 Å². The van der Waals surface area contributed by atoms with Gasteiger partial charge in [-0.05, 0) is 30.3 Å². The summed E-state index contributed by atoms with van der Waals surface area (Å²) in [6, 6.07) is 12.1. The van der Waals surface area contributed by atoms with Crippen LogP contribution in [0.25, 0.3) is 11.3 Å². The van der Waals surface area contributed by atoms with E-state index in [-0.39, 0.29) is 23.5 Å². The summed E-state index contributed by atoms with van der Waals surface area (Å²) >= 11 is 11.7. The molecule has 0 saturated heterocycles. The summed E-state index contributed by atoms with van der Waals surface area (Å²) in [7, 11) is 0. The Morgan fingerprint density at radius 1 is 1.12 bits per heavy atom. The van der Waals surface area contributed by atoms with Crippen LogP contribution in [-0.2, 0) is 11.3 Å². The van der Waals surface area contributed by atoms with E-state index in [4.69, 9.17) is 32.5 Å². The molecule has 0 unspecified atom stereocenters. The lowest BCUT2D eigenvalue weighted by Crippen LogP contribution is -2.05. The van der Waals surface area contributed by atoms with E-state index < -0.39 is 11.8 Å². The number of carbonyl (C=O) groups is 1. The lowest BCUT2D eigenvalue weighted by molar-refractivity contribution is 0.0464. The number of aromatic nitrogens is 1. The van der Waals surface area contributed by atoms with Gasteiger partial charge in [0.05, 0.1) is 11.1 Å². The Hall–Kier alpha value is -2.37. The first kappa shape index (κ1) is 16.5.